The number of hydrazine groups is 1. The number of nitrogens with zero attached hydrogens (tertiary/aromatic N) is 2. The number of nitrogen functional groups attached to an aromatic ring is 1. The van der Waals surface area contributed by atoms with E-state index in [1.54, 1.807) is 24.2 Å². The molecule has 1 aromatic heterocycles. The van der Waals surface area contributed by atoms with E-state index in [9.17, 15) is 0 Å². The zero-order chi connectivity index (χ0) is 11.6. The van der Waals surface area contributed by atoms with Crippen molar-refractivity contribution in [2.75, 3.05) is 35.4 Å². The molecule has 0 fully saturated rings. The highest BCUT2D eigenvalue weighted by molar-refractivity contribution is 7.99. The van der Waals surface area contributed by atoms with Crippen LogP contribution in [0.1, 0.15) is 6.42 Å². The predicted octanol–water partition coefficient (Wildman–Crippen LogP) is 0.290. The average molecular weight is 243 g/mol. The molecule has 0 aromatic carbocycles. The van der Waals surface area contributed by atoms with Crippen molar-refractivity contribution in [3.63, 3.8) is 0 Å². The molecule has 7 heteroatoms. The molecule has 0 unspecified atom stereocenters. The summed E-state index contributed by atoms with van der Waals surface area (Å²) < 4.78 is 0. The highest BCUT2D eigenvalue weighted by Crippen LogP contribution is 2.06. The van der Waals surface area contributed by atoms with E-state index in [-0.39, 0.29) is 6.61 Å². The maximum atomic E-state index is 8.59. The number of hydrogen-bond donors (Lipinski definition) is 4. The normalized spacial score (nSPS) is 10.1. The van der Waals surface area contributed by atoms with Crippen LogP contribution in [0.15, 0.2) is 12.4 Å². The zero-order valence-corrected chi connectivity index (χ0v) is 9.83. The largest absolute Gasteiger partial charge is 0.396 e. The van der Waals surface area contributed by atoms with E-state index in [1.807, 2.05) is 0 Å². The Morgan fingerprint density at radius 2 is 2.12 bits per heavy atom. The minimum Gasteiger partial charge on any atom is -0.396 e. The van der Waals surface area contributed by atoms with Crippen LogP contribution in [0.2, 0.25) is 0 Å². The molecular weight excluding hydrogens is 226 g/mol. The number of nitrogens with two attached hydrogens (primary N) is 1. The Morgan fingerprint density at radius 1 is 1.31 bits per heavy atom. The van der Waals surface area contributed by atoms with E-state index in [4.69, 9.17) is 10.9 Å². The van der Waals surface area contributed by atoms with Gasteiger partial charge in [0.25, 0.3) is 0 Å². The molecule has 0 radical (unpaired) electrons. The van der Waals surface area contributed by atoms with Crippen LogP contribution in [0.5, 0.6) is 0 Å². The predicted molar refractivity (Wildman–Crippen MR) is 67.4 cm³/mol. The van der Waals surface area contributed by atoms with Crippen LogP contribution < -0.4 is 16.6 Å². The van der Waals surface area contributed by atoms with Crippen molar-refractivity contribution in [2.24, 2.45) is 5.84 Å². The molecule has 0 saturated carbocycles. The Hall–Kier alpha value is -1.05. The summed E-state index contributed by atoms with van der Waals surface area (Å²) in [6.45, 7) is 1.08. The lowest BCUT2D eigenvalue weighted by Gasteiger charge is -2.06. The van der Waals surface area contributed by atoms with Crippen molar-refractivity contribution < 1.29 is 5.11 Å². The molecule has 0 spiro atoms. The van der Waals surface area contributed by atoms with Crippen LogP contribution in [-0.2, 0) is 0 Å². The van der Waals surface area contributed by atoms with Crippen LogP contribution in [-0.4, -0.2) is 39.7 Å². The van der Waals surface area contributed by atoms with Crippen molar-refractivity contribution in [3.05, 3.63) is 12.4 Å². The van der Waals surface area contributed by atoms with Gasteiger partial charge in [0.15, 0.2) is 5.82 Å². The van der Waals surface area contributed by atoms with Crippen LogP contribution in [0.3, 0.4) is 0 Å². The van der Waals surface area contributed by atoms with Gasteiger partial charge in [0.05, 0.1) is 12.4 Å². The molecule has 6 nitrogen and oxygen atoms in total. The molecule has 0 aliphatic carbocycles. The first kappa shape index (κ1) is 13.0. The van der Waals surface area contributed by atoms with Crippen LogP contribution >= 0.6 is 11.8 Å². The second-order valence-corrected chi connectivity index (χ2v) is 4.27. The fourth-order valence-electron chi connectivity index (χ4n) is 1.04. The second-order valence-electron chi connectivity index (χ2n) is 3.05. The number of rotatable bonds is 8. The topological polar surface area (TPSA) is 96.1 Å². The van der Waals surface area contributed by atoms with Gasteiger partial charge < -0.3 is 15.8 Å². The maximum absolute atomic E-state index is 8.59. The van der Waals surface area contributed by atoms with Crippen molar-refractivity contribution in [1.82, 2.24) is 9.97 Å². The van der Waals surface area contributed by atoms with Gasteiger partial charge >= 0.3 is 0 Å². The van der Waals surface area contributed by atoms with E-state index in [2.05, 4.69) is 20.7 Å². The average Bonchev–Trinajstić information content (AvgIpc) is 2.34. The number of thioether (sulfide) groups is 1. The van der Waals surface area contributed by atoms with Crippen molar-refractivity contribution in [3.8, 4) is 0 Å². The highest BCUT2D eigenvalue weighted by Gasteiger charge is 1.96. The smallest absolute Gasteiger partial charge is 0.160 e. The fraction of sp³-hybridized carbons (Fsp3) is 0.556. The first-order valence-electron chi connectivity index (χ1n) is 5.08. The summed E-state index contributed by atoms with van der Waals surface area (Å²) in [5.41, 5.74) is 2.44. The van der Waals surface area contributed by atoms with Gasteiger partial charge in [-0.15, -0.1) is 0 Å². The molecule has 90 valence electrons. The number of hydrogen-bond acceptors (Lipinski definition) is 7. The fourth-order valence-corrected chi connectivity index (χ4v) is 1.82. The minimum atomic E-state index is 0.260. The lowest BCUT2D eigenvalue weighted by molar-refractivity contribution is 0.296. The lowest BCUT2D eigenvalue weighted by atomic mass is 10.5. The Morgan fingerprint density at radius 3 is 2.88 bits per heavy atom. The van der Waals surface area contributed by atoms with Gasteiger partial charge in [0.1, 0.15) is 5.82 Å². The standard InChI is InChI=1S/C9H17N5OS/c10-14-9-7-11-6-8(13-9)12-2-5-16-4-1-3-15/h6-7,15H,1-5,10H2,(H2,12,13,14). The Labute approximate surface area is 99.0 Å². The van der Waals surface area contributed by atoms with Crippen molar-refractivity contribution >= 4 is 23.4 Å². The quantitative estimate of drug-likeness (QED) is 0.296. The summed E-state index contributed by atoms with van der Waals surface area (Å²) in [7, 11) is 0. The number of anilines is 2. The summed E-state index contributed by atoms with van der Waals surface area (Å²) in [5.74, 6) is 8.42. The number of aliphatic hydroxyl groups is 1. The second kappa shape index (κ2) is 8.14. The van der Waals surface area contributed by atoms with Gasteiger partial charge in [-0.25, -0.2) is 10.8 Å². The number of aromatic nitrogens is 2. The molecule has 0 bridgehead atoms. The first-order chi connectivity index (χ1) is 7.86. The van der Waals surface area contributed by atoms with Gasteiger partial charge in [-0.2, -0.15) is 11.8 Å². The van der Waals surface area contributed by atoms with E-state index < -0.39 is 0 Å². The van der Waals surface area contributed by atoms with Crippen molar-refractivity contribution in [2.45, 2.75) is 6.42 Å². The molecule has 0 saturated heterocycles. The number of nitrogens with one attached hydrogen (secondary N) is 2. The van der Waals surface area contributed by atoms with E-state index in [0.717, 1.165) is 24.5 Å². The Balaban J connectivity index is 2.16. The van der Waals surface area contributed by atoms with Gasteiger partial charge in [0, 0.05) is 18.9 Å². The molecule has 1 aromatic rings. The molecule has 5 N–H and O–H groups in total. The summed E-state index contributed by atoms with van der Waals surface area (Å²) in [6.07, 6.45) is 4.05. The minimum absolute atomic E-state index is 0.260. The first-order valence-corrected chi connectivity index (χ1v) is 6.23. The van der Waals surface area contributed by atoms with Gasteiger partial charge in [0.2, 0.25) is 0 Å². The van der Waals surface area contributed by atoms with Gasteiger partial charge in [-0.05, 0) is 12.2 Å². The SMILES string of the molecule is NNc1cncc(NCCSCCCO)n1. The van der Waals surface area contributed by atoms with E-state index in [0.29, 0.717) is 11.6 Å². The van der Waals surface area contributed by atoms with Crippen LogP contribution in [0.4, 0.5) is 11.6 Å². The molecule has 1 rings (SSSR count). The molecule has 16 heavy (non-hydrogen) atoms. The van der Waals surface area contributed by atoms with E-state index in [1.165, 1.54) is 0 Å². The number of aliphatic hydroxyl groups excluding tert-OH is 1. The van der Waals surface area contributed by atoms with E-state index >= 15 is 0 Å². The van der Waals surface area contributed by atoms with Crippen LogP contribution in [0, 0.1) is 0 Å². The molecule has 0 amide bonds. The Bertz CT molecular complexity index is 299. The zero-order valence-electron chi connectivity index (χ0n) is 9.02. The third kappa shape index (κ3) is 5.15. The Kier molecular flexibility index (Phi) is 6.62. The van der Waals surface area contributed by atoms with Gasteiger partial charge in [-0.3, -0.25) is 4.98 Å². The van der Waals surface area contributed by atoms with Crippen LogP contribution in [0.25, 0.3) is 0 Å². The van der Waals surface area contributed by atoms with Crippen molar-refractivity contribution in [1.29, 1.82) is 0 Å². The summed E-state index contributed by atoms with van der Waals surface area (Å²) in [5, 5.41) is 11.7. The summed E-state index contributed by atoms with van der Waals surface area (Å²) in [6, 6.07) is 0. The molecule has 0 aliphatic heterocycles. The summed E-state index contributed by atoms with van der Waals surface area (Å²) in [4.78, 5) is 8.14. The summed E-state index contributed by atoms with van der Waals surface area (Å²) >= 11 is 1.80. The third-order valence-electron chi connectivity index (χ3n) is 1.78. The maximum Gasteiger partial charge on any atom is 0.160 e. The third-order valence-corrected chi connectivity index (χ3v) is 2.85. The monoisotopic (exact) mass is 243 g/mol. The highest BCUT2D eigenvalue weighted by atomic mass is 32.2. The lowest BCUT2D eigenvalue weighted by Crippen LogP contribution is -2.11. The molecule has 1 heterocycles. The molecule has 0 atom stereocenters. The molecular formula is C9H17N5OS. The molecule has 0 aliphatic rings. The van der Waals surface area contributed by atoms with Gasteiger partial charge in [-0.1, -0.05) is 0 Å².